The quantitative estimate of drug-likeness (QED) is 0.471. The fourth-order valence-corrected chi connectivity index (χ4v) is 11.5. The SMILES string of the molecule is CI1C[I]1. The van der Waals surface area contributed by atoms with Gasteiger partial charge < -0.3 is 0 Å². The van der Waals surface area contributed by atoms with Gasteiger partial charge in [0.15, 0.2) is 0 Å². The molecular weight excluding hydrogens is 278 g/mol. The van der Waals surface area contributed by atoms with Gasteiger partial charge in [0.2, 0.25) is 0 Å². The van der Waals surface area contributed by atoms with E-state index in [1.54, 1.807) is 2.43 Å². The Morgan fingerprint density at radius 2 is 2.25 bits per heavy atom. The van der Waals surface area contributed by atoms with Crippen molar-refractivity contribution in [3.05, 3.63) is 0 Å². The maximum atomic E-state index is 2.48. The third kappa shape index (κ3) is 1.05. The van der Waals surface area contributed by atoms with Gasteiger partial charge in [0.25, 0.3) is 0 Å². The summed E-state index contributed by atoms with van der Waals surface area (Å²) < 4.78 is 1.75. The molecule has 1 saturated heterocycles. The molecular formula is C2H5I2. The van der Waals surface area contributed by atoms with E-state index in [0.717, 1.165) is 17.2 Å². The van der Waals surface area contributed by atoms with Crippen LogP contribution in [0.3, 0.4) is 0 Å². The van der Waals surface area contributed by atoms with Crippen LogP contribution in [0.1, 0.15) is 0 Å². The van der Waals surface area contributed by atoms with E-state index in [1.165, 1.54) is 0 Å². The number of halogens is 2. The molecule has 27 valence electrons. The van der Waals surface area contributed by atoms with Gasteiger partial charge in [-0.05, 0) is 0 Å². The van der Waals surface area contributed by atoms with Gasteiger partial charge in [0.1, 0.15) is 0 Å². The van der Waals surface area contributed by atoms with Gasteiger partial charge in [-0.1, -0.05) is 0 Å². The average Bonchev–Trinajstić information content (AvgIpc) is 1.75. The van der Waals surface area contributed by atoms with Gasteiger partial charge in [-0.25, -0.2) is 0 Å². The summed E-state index contributed by atoms with van der Waals surface area (Å²) in [6.07, 6.45) is 0. The molecule has 0 unspecified atom stereocenters. The summed E-state index contributed by atoms with van der Waals surface area (Å²) in [5, 5.41) is 0. The van der Waals surface area contributed by atoms with Gasteiger partial charge in [0, 0.05) is 0 Å². The standard InChI is InChI=1S/C2H5I2/c1-4-2-3-4/h2H2,1H3. The van der Waals surface area contributed by atoms with E-state index < -0.39 is 0 Å². The Morgan fingerprint density at radius 1 is 2.00 bits per heavy atom. The normalized spacial score (nSPS) is 30.8. The minimum atomic E-state index is 0.0967. The summed E-state index contributed by atoms with van der Waals surface area (Å²) in [5.74, 6) is 0. The van der Waals surface area contributed by atoms with Crippen molar-refractivity contribution in [1.29, 1.82) is 0 Å². The zero-order chi connectivity index (χ0) is 2.99. The first-order valence-corrected chi connectivity index (χ1v) is 12.5. The van der Waals surface area contributed by atoms with Crippen molar-refractivity contribution >= 4 is 33.1 Å². The first-order valence-electron chi connectivity index (χ1n) is 1.06. The van der Waals surface area contributed by atoms with E-state index in [2.05, 4.69) is 4.93 Å². The third-order valence-electron chi connectivity index (χ3n) is 0.303. The van der Waals surface area contributed by atoms with Crippen LogP contribution in [0, 0.1) is 0 Å². The van der Waals surface area contributed by atoms with Crippen molar-refractivity contribution in [3.63, 3.8) is 0 Å². The molecule has 2 heteroatoms. The van der Waals surface area contributed by atoms with E-state index in [4.69, 9.17) is 0 Å². The average molecular weight is 283 g/mol. The molecule has 0 aromatic carbocycles. The summed E-state index contributed by atoms with van der Waals surface area (Å²) in [6, 6.07) is 0. The molecule has 1 rings (SSSR count). The maximum absolute atomic E-state index is 2.48. The zero-order valence-corrected chi connectivity index (χ0v) is 6.78. The second kappa shape index (κ2) is 1.28. The molecule has 0 nitrogen and oxygen atoms in total. The number of rotatable bonds is 0. The van der Waals surface area contributed by atoms with E-state index in [9.17, 15) is 0 Å². The van der Waals surface area contributed by atoms with Gasteiger partial charge >= 0.3 is 40.4 Å². The Kier molecular flexibility index (Phi) is 1.17. The van der Waals surface area contributed by atoms with Crippen molar-refractivity contribution in [2.45, 2.75) is 0 Å². The van der Waals surface area contributed by atoms with Crippen LogP contribution < -0.4 is 0 Å². The summed E-state index contributed by atoms with van der Waals surface area (Å²) >= 11 is 1.03. The van der Waals surface area contributed by atoms with Crippen LogP contribution in [0.4, 0.5) is 0 Å². The van der Waals surface area contributed by atoms with Crippen LogP contribution in [0.5, 0.6) is 0 Å². The molecule has 0 atom stereocenters. The zero-order valence-electron chi connectivity index (χ0n) is 2.46. The van der Waals surface area contributed by atoms with Gasteiger partial charge in [-0.2, -0.15) is 0 Å². The summed E-state index contributed by atoms with van der Waals surface area (Å²) in [5.41, 5.74) is 0. The van der Waals surface area contributed by atoms with Crippen LogP contribution in [0.15, 0.2) is 0 Å². The Bertz CT molecular complexity index is 23.2. The fraction of sp³-hybridized carbons (Fsp3) is 1.00. The van der Waals surface area contributed by atoms with Crippen LogP contribution in [0.25, 0.3) is 0 Å². The molecule has 0 N–H and O–H groups in total. The summed E-state index contributed by atoms with van der Waals surface area (Å²) in [7, 11) is 0. The molecule has 0 amide bonds. The number of alkyl halides is 3. The number of hydrogen-bond acceptors (Lipinski definition) is 0. The van der Waals surface area contributed by atoms with Crippen molar-refractivity contribution in [2.75, 3.05) is 7.36 Å². The minimum absolute atomic E-state index is 0.0967. The van der Waals surface area contributed by atoms with Crippen molar-refractivity contribution in [3.8, 4) is 0 Å². The number of hydrogen-bond donors (Lipinski definition) is 0. The first-order chi connectivity index (χ1) is 1.89. The topological polar surface area (TPSA) is 0 Å². The predicted octanol–water partition coefficient (Wildman–Crippen LogP) is 1.98. The Hall–Kier alpha value is 1.46. The van der Waals surface area contributed by atoms with Crippen molar-refractivity contribution < 1.29 is 0 Å². The molecule has 4 heavy (non-hydrogen) atoms. The molecule has 1 aliphatic rings. The molecule has 0 bridgehead atoms. The second-order valence-electron chi connectivity index (χ2n) is 0.713. The molecule has 0 aromatic heterocycles. The van der Waals surface area contributed by atoms with E-state index in [0.29, 0.717) is 0 Å². The van der Waals surface area contributed by atoms with Crippen LogP contribution in [0.2, 0.25) is 0 Å². The van der Waals surface area contributed by atoms with Crippen LogP contribution in [-0.2, 0) is 0 Å². The summed E-state index contributed by atoms with van der Waals surface area (Å²) in [6.45, 7) is 0. The molecule has 1 heterocycles. The van der Waals surface area contributed by atoms with Crippen LogP contribution in [-0.4, -0.2) is 7.36 Å². The second-order valence-corrected chi connectivity index (χ2v) is 21.9. The Balaban J connectivity index is 2.17. The van der Waals surface area contributed by atoms with Gasteiger partial charge in [0.05, 0.1) is 0 Å². The molecule has 0 aromatic rings. The molecule has 1 fully saturated rings. The van der Waals surface area contributed by atoms with Crippen molar-refractivity contribution in [1.82, 2.24) is 0 Å². The molecule has 0 spiro atoms. The Morgan fingerprint density at radius 3 is 2.25 bits per heavy atom. The molecule has 1 aliphatic heterocycles. The molecule has 0 aliphatic carbocycles. The van der Waals surface area contributed by atoms with E-state index in [-0.39, 0.29) is 15.8 Å². The van der Waals surface area contributed by atoms with Crippen molar-refractivity contribution in [2.24, 2.45) is 0 Å². The summed E-state index contributed by atoms with van der Waals surface area (Å²) in [4.78, 5) is 2.48. The monoisotopic (exact) mass is 283 g/mol. The fourth-order valence-electron chi connectivity index (χ4n) is 0.0382. The third-order valence-corrected chi connectivity index (χ3v) is 13.6. The molecule has 1 radical (unpaired) electrons. The van der Waals surface area contributed by atoms with Gasteiger partial charge in [-0.3, -0.25) is 0 Å². The first kappa shape index (κ1) is 3.64. The molecule has 0 saturated carbocycles. The predicted molar refractivity (Wildman–Crippen MR) is 38.8 cm³/mol. The Labute approximate surface area is 40.0 Å². The van der Waals surface area contributed by atoms with Gasteiger partial charge in [-0.15, -0.1) is 0 Å². The van der Waals surface area contributed by atoms with E-state index in [1.807, 2.05) is 0 Å². The van der Waals surface area contributed by atoms with E-state index >= 15 is 0 Å². The van der Waals surface area contributed by atoms with Crippen LogP contribution >= 0.6 is 33.1 Å².